The number of ether oxygens (including phenoxy) is 2. The Kier molecular flexibility index (Phi) is 6.60. The lowest BCUT2D eigenvalue weighted by atomic mass is 10.1. The number of pyridine rings is 1. The first-order valence-electron chi connectivity index (χ1n) is 8.75. The lowest BCUT2D eigenvalue weighted by Gasteiger charge is -2.12. The van der Waals surface area contributed by atoms with E-state index in [4.69, 9.17) is 32.7 Å². The van der Waals surface area contributed by atoms with Crippen LogP contribution >= 0.6 is 23.2 Å². The molecule has 0 aliphatic rings. The molecule has 0 aliphatic carbocycles. The van der Waals surface area contributed by atoms with Crippen LogP contribution in [-0.4, -0.2) is 31.2 Å². The highest BCUT2D eigenvalue weighted by atomic mass is 35.5. The van der Waals surface area contributed by atoms with Gasteiger partial charge in [0.2, 0.25) is 0 Å². The molecule has 1 N–H and O–H groups in total. The third-order valence-corrected chi connectivity index (χ3v) is 4.81. The average molecular weight is 419 g/mol. The Hall–Kier alpha value is -2.50. The molecule has 5 nitrogen and oxygen atoms in total. The molecule has 3 aromatic rings. The van der Waals surface area contributed by atoms with Gasteiger partial charge in [0.15, 0.2) is 12.4 Å². The number of fused-ring (bicyclic) bond motifs is 1. The zero-order valence-corrected chi connectivity index (χ0v) is 17.1. The average Bonchev–Trinajstić information content (AvgIpc) is 2.68. The summed E-state index contributed by atoms with van der Waals surface area (Å²) >= 11 is 12.5. The van der Waals surface area contributed by atoms with Crippen LogP contribution in [0.3, 0.4) is 0 Å². The topological polar surface area (TPSA) is 60.5 Å². The predicted octanol–water partition coefficient (Wildman–Crippen LogP) is 4.60. The maximum absolute atomic E-state index is 12.1. The number of halogens is 2. The number of hydrogen-bond donors (Lipinski definition) is 1. The van der Waals surface area contributed by atoms with Gasteiger partial charge in [-0.25, -0.2) is 4.98 Å². The number of nitrogens with one attached hydrogen (secondary N) is 1. The summed E-state index contributed by atoms with van der Waals surface area (Å²) < 4.78 is 10.8. The highest BCUT2D eigenvalue weighted by Crippen LogP contribution is 2.37. The number of carbonyl (C=O) groups is 1. The number of amides is 1. The number of nitrogens with zero attached hydrogens (tertiary/aromatic N) is 1. The van der Waals surface area contributed by atoms with E-state index in [1.807, 2.05) is 43.3 Å². The normalized spacial score (nSPS) is 10.7. The van der Waals surface area contributed by atoms with Crippen molar-refractivity contribution in [1.82, 2.24) is 10.3 Å². The second kappa shape index (κ2) is 9.13. The van der Waals surface area contributed by atoms with E-state index in [1.54, 1.807) is 13.2 Å². The Morgan fingerprint density at radius 1 is 1.11 bits per heavy atom. The van der Waals surface area contributed by atoms with Gasteiger partial charge in [-0.2, -0.15) is 0 Å². The molecule has 28 heavy (non-hydrogen) atoms. The van der Waals surface area contributed by atoms with E-state index in [1.165, 1.54) is 0 Å². The van der Waals surface area contributed by atoms with Gasteiger partial charge < -0.3 is 14.8 Å². The Balaban J connectivity index is 1.59. The summed E-state index contributed by atoms with van der Waals surface area (Å²) in [6.07, 6.45) is 0.709. The number of benzene rings is 2. The van der Waals surface area contributed by atoms with Gasteiger partial charge in [-0.3, -0.25) is 4.79 Å². The van der Waals surface area contributed by atoms with Crippen LogP contribution in [0.1, 0.15) is 11.3 Å². The van der Waals surface area contributed by atoms with Crippen molar-refractivity contribution in [2.75, 3.05) is 20.3 Å². The smallest absolute Gasteiger partial charge is 0.257 e. The number of aryl methyl sites for hydroxylation is 1. The Morgan fingerprint density at radius 2 is 1.86 bits per heavy atom. The van der Waals surface area contributed by atoms with Gasteiger partial charge in [0.25, 0.3) is 5.91 Å². The van der Waals surface area contributed by atoms with Gasteiger partial charge in [-0.1, -0.05) is 35.3 Å². The molecule has 0 fully saturated rings. The molecule has 0 spiro atoms. The van der Waals surface area contributed by atoms with Crippen molar-refractivity contribution >= 4 is 40.0 Å². The first-order chi connectivity index (χ1) is 13.5. The van der Waals surface area contributed by atoms with Crippen LogP contribution in [0.2, 0.25) is 10.0 Å². The van der Waals surface area contributed by atoms with Gasteiger partial charge in [0, 0.05) is 17.6 Å². The lowest BCUT2D eigenvalue weighted by molar-refractivity contribution is -0.123. The van der Waals surface area contributed by atoms with Crippen LogP contribution in [0.4, 0.5) is 0 Å². The summed E-state index contributed by atoms with van der Waals surface area (Å²) in [5, 5.41) is 4.37. The molecule has 0 unspecified atom stereocenters. The monoisotopic (exact) mass is 418 g/mol. The quantitative estimate of drug-likeness (QED) is 0.608. The molecule has 3 rings (SSSR count). The van der Waals surface area contributed by atoms with Crippen LogP contribution in [0.5, 0.6) is 11.5 Å². The maximum Gasteiger partial charge on any atom is 0.257 e. The summed E-state index contributed by atoms with van der Waals surface area (Å²) in [6.45, 7) is 2.21. The highest BCUT2D eigenvalue weighted by molar-refractivity contribution is 6.39. The number of carbonyl (C=O) groups excluding carboxylic acids is 1. The zero-order valence-electron chi connectivity index (χ0n) is 15.6. The van der Waals surface area contributed by atoms with Crippen LogP contribution in [0.15, 0.2) is 42.5 Å². The predicted molar refractivity (Wildman–Crippen MR) is 112 cm³/mol. The van der Waals surface area contributed by atoms with Crippen molar-refractivity contribution < 1.29 is 14.3 Å². The fourth-order valence-corrected chi connectivity index (χ4v) is 3.33. The molecule has 1 amide bonds. The van der Waals surface area contributed by atoms with Crippen LogP contribution in [-0.2, 0) is 11.2 Å². The van der Waals surface area contributed by atoms with Crippen molar-refractivity contribution in [3.05, 3.63) is 63.8 Å². The second-order valence-electron chi connectivity index (χ2n) is 6.25. The lowest BCUT2D eigenvalue weighted by Crippen LogP contribution is -2.30. The molecule has 1 heterocycles. The molecule has 2 aromatic carbocycles. The second-order valence-corrected chi connectivity index (χ2v) is 7.07. The van der Waals surface area contributed by atoms with Gasteiger partial charge in [-0.15, -0.1) is 0 Å². The molecular formula is C21H20Cl2N2O3. The summed E-state index contributed by atoms with van der Waals surface area (Å²) in [5.74, 6) is 0.924. The summed E-state index contributed by atoms with van der Waals surface area (Å²) in [4.78, 5) is 16.6. The zero-order chi connectivity index (χ0) is 20.1. The van der Waals surface area contributed by atoms with Crippen molar-refractivity contribution in [2.45, 2.75) is 13.3 Å². The fourth-order valence-electron chi connectivity index (χ4n) is 2.75. The molecule has 146 valence electrons. The van der Waals surface area contributed by atoms with E-state index in [-0.39, 0.29) is 12.5 Å². The van der Waals surface area contributed by atoms with E-state index in [0.29, 0.717) is 34.3 Å². The molecule has 7 heteroatoms. The molecular weight excluding hydrogens is 399 g/mol. The van der Waals surface area contributed by atoms with Crippen LogP contribution in [0, 0.1) is 6.92 Å². The number of aromatic nitrogens is 1. The third kappa shape index (κ3) is 4.86. The van der Waals surface area contributed by atoms with E-state index >= 15 is 0 Å². The SMILES string of the molecule is COc1ccc(CCNC(=O)COc2c(Cl)cc(Cl)c3ccc(C)nc23)cc1. The van der Waals surface area contributed by atoms with Gasteiger partial charge in [0.1, 0.15) is 11.3 Å². The summed E-state index contributed by atoms with van der Waals surface area (Å²) in [7, 11) is 1.63. The van der Waals surface area contributed by atoms with Gasteiger partial charge >= 0.3 is 0 Å². The molecule has 0 aliphatic heterocycles. The van der Waals surface area contributed by atoms with E-state index in [2.05, 4.69) is 10.3 Å². The van der Waals surface area contributed by atoms with E-state index in [0.717, 1.165) is 22.4 Å². The fraction of sp³-hybridized carbons (Fsp3) is 0.238. The summed E-state index contributed by atoms with van der Waals surface area (Å²) in [5.41, 5.74) is 2.46. The minimum atomic E-state index is -0.236. The summed E-state index contributed by atoms with van der Waals surface area (Å²) in [6, 6.07) is 13.0. The standard InChI is InChI=1S/C21H20Cl2N2O3/c1-13-3-8-16-17(22)11-18(23)21(20(16)25-13)28-12-19(26)24-10-9-14-4-6-15(27-2)7-5-14/h3-8,11H,9-10,12H2,1-2H3,(H,24,26). The Labute approximate surface area is 173 Å². The van der Waals surface area contributed by atoms with Gasteiger partial charge in [-0.05, 0) is 49.2 Å². The number of methoxy groups -OCH3 is 1. The highest BCUT2D eigenvalue weighted by Gasteiger charge is 2.14. The van der Waals surface area contributed by atoms with Crippen molar-refractivity contribution in [3.8, 4) is 11.5 Å². The molecule has 0 saturated heterocycles. The van der Waals surface area contributed by atoms with E-state index in [9.17, 15) is 4.79 Å². The third-order valence-electron chi connectivity index (χ3n) is 4.22. The van der Waals surface area contributed by atoms with Crippen LogP contribution < -0.4 is 14.8 Å². The number of rotatable bonds is 7. The number of hydrogen-bond acceptors (Lipinski definition) is 4. The molecule has 0 saturated carbocycles. The molecule has 0 atom stereocenters. The Morgan fingerprint density at radius 3 is 2.57 bits per heavy atom. The van der Waals surface area contributed by atoms with Crippen LogP contribution in [0.25, 0.3) is 10.9 Å². The Bertz CT molecular complexity index is 991. The first-order valence-corrected chi connectivity index (χ1v) is 9.51. The largest absolute Gasteiger partial charge is 0.497 e. The molecule has 1 aromatic heterocycles. The van der Waals surface area contributed by atoms with Gasteiger partial charge in [0.05, 0.1) is 17.2 Å². The molecule has 0 radical (unpaired) electrons. The van der Waals surface area contributed by atoms with Crippen molar-refractivity contribution in [1.29, 1.82) is 0 Å². The minimum Gasteiger partial charge on any atom is -0.497 e. The maximum atomic E-state index is 12.1. The van der Waals surface area contributed by atoms with Crippen molar-refractivity contribution in [3.63, 3.8) is 0 Å². The first kappa shape index (κ1) is 20.2. The minimum absolute atomic E-state index is 0.158. The molecule has 0 bridgehead atoms. The van der Waals surface area contributed by atoms with E-state index < -0.39 is 0 Å². The van der Waals surface area contributed by atoms with Crippen molar-refractivity contribution in [2.24, 2.45) is 0 Å².